The SMILES string of the molecule is NCc1cccc(N2C(=O)NC(c3ccccc3)C2=O)c1. The average molecular weight is 281 g/mol. The standard InChI is InChI=1S/C16H15N3O2/c17-10-11-5-4-8-13(9-11)19-15(20)14(18-16(19)21)12-6-2-1-3-7-12/h1-9,14H,10,17H2,(H,18,21). The maximum atomic E-state index is 12.5. The molecule has 1 saturated heterocycles. The fourth-order valence-electron chi connectivity index (χ4n) is 2.42. The van der Waals surface area contributed by atoms with Gasteiger partial charge in [-0.15, -0.1) is 0 Å². The van der Waals surface area contributed by atoms with Crippen LogP contribution in [0.3, 0.4) is 0 Å². The van der Waals surface area contributed by atoms with Crippen molar-refractivity contribution in [2.45, 2.75) is 12.6 Å². The van der Waals surface area contributed by atoms with Crippen molar-refractivity contribution in [2.24, 2.45) is 5.73 Å². The molecule has 2 aromatic carbocycles. The van der Waals surface area contributed by atoms with Crippen LogP contribution < -0.4 is 16.0 Å². The molecule has 1 unspecified atom stereocenters. The number of nitrogens with one attached hydrogen (secondary N) is 1. The summed E-state index contributed by atoms with van der Waals surface area (Å²) in [5.74, 6) is -0.277. The summed E-state index contributed by atoms with van der Waals surface area (Å²) < 4.78 is 0. The number of urea groups is 1. The molecule has 106 valence electrons. The molecule has 1 fully saturated rings. The van der Waals surface area contributed by atoms with Gasteiger partial charge in [0, 0.05) is 6.54 Å². The molecule has 5 nitrogen and oxygen atoms in total. The van der Waals surface area contributed by atoms with E-state index in [1.807, 2.05) is 36.4 Å². The molecular weight excluding hydrogens is 266 g/mol. The minimum Gasteiger partial charge on any atom is -0.326 e. The smallest absolute Gasteiger partial charge is 0.326 e. The zero-order valence-corrected chi connectivity index (χ0v) is 11.3. The van der Waals surface area contributed by atoms with Crippen molar-refractivity contribution in [1.29, 1.82) is 0 Å². The number of imide groups is 1. The normalized spacial score (nSPS) is 18.0. The van der Waals surface area contributed by atoms with Crippen LogP contribution in [0.5, 0.6) is 0 Å². The van der Waals surface area contributed by atoms with Crippen LogP contribution in [-0.4, -0.2) is 11.9 Å². The second-order valence-corrected chi connectivity index (χ2v) is 4.84. The van der Waals surface area contributed by atoms with Gasteiger partial charge in [-0.1, -0.05) is 42.5 Å². The molecule has 1 atom stereocenters. The van der Waals surface area contributed by atoms with E-state index in [0.717, 1.165) is 16.0 Å². The summed E-state index contributed by atoms with van der Waals surface area (Å²) in [5.41, 5.74) is 7.78. The van der Waals surface area contributed by atoms with Crippen molar-refractivity contribution in [3.05, 3.63) is 65.7 Å². The number of anilines is 1. The average Bonchev–Trinajstić information content (AvgIpc) is 2.83. The highest BCUT2D eigenvalue weighted by Crippen LogP contribution is 2.27. The topological polar surface area (TPSA) is 75.4 Å². The van der Waals surface area contributed by atoms with Crippen molar-refractivity contribution in [3.63, 3.8) is 0 Å². The summed E-state index contributed by atoms with van der Waals surface area (Å²) in [4.78, 5) is 25.8. The minimum absolute atomic E-state index is 0.277. The van der Waals surface area contributed by atoms with Crippen molar-refractivity contribution >= 4 is 17.6 Å². The third-order valence-electron chi connectivity index (χ3n) is 3.48. The van der Waals surface area contributed by atoms with Crippen molar-refractivity contribution < 1.29 is 9.59 Å². The lowest BCUT2D eigenvalue weighted by Crippen LogP contribution is -2.30. The molecule has 1 aliphatic rings. The fraction of sp³-hybridized carbons (Fsp3) is 0.125. The maximum Gasteiger partial charge on any atom is 0.329 e. The molecular formula is C16H15N3O2. The molecule has 3 rings (SSSR count). The highest BCUT2D eigenvalue weighted by Gasteiger charge is 2.39. The van der Waals surface area contributed by atoms with Crippen molar-refractivity contribution in [1.82, 2.24) is 5.32 Å². The van der Waals surface area contributed by atoms with Gasteiger partial charge in [0.05, 0.1) is 5.69 Å². The Hall–Kier alpha value is -2.66. The van der Waals surface area contributed by atoms with Gasteiger partial charge >= 0.3 is 6.03 Å². The van der Waals surface area contributed by atoms with Crippen LogP contribution in [0, 0.1) is 0 Å². The highest BCUT2D eigenvalue weighted by molar-refractivity contribution is 6.21. The summed E-state index contributed by atoms with van der Waals surface area (Å²) in [6, 6.07) is 15.3. The second-order valence-electron chi connectivity index (χ2n) is 4.84. The molecule has 0 aliphatic carbocycles. The molecule has 1 heterocycles. The Morgan fingerprint density at radius 1 is 1.05 bits per heavy atom. The van der Waals surface area contributed by atoms with Crippen LogP contribution in [-0.2, 0) is 11.3 Å². The van der Waals surface area contributed by atoms with Crippen LogP contribution in [0.2, 0.25) is 0 Å². The lowest BCUT2D eigenvalue weighted by atomic mass is 10.1. The molecule has 0 radical (unpaired) electrons. The number of hydrogen-bond acceptors (Lipinski definition) is 3. The number of amides is 3. The van der Waals surface area contributed by atoms with Crippen LogP contribution in [0.15, 0.2) is 54.6 Å². The lowest BCUT2D eigenvalue weighted by molar-refractivity contribution is -0.118. The molecule has 0 bridgehead atoms. The maximum absolute atomic E-state index is 12.5. The minimum atomic E-state index is -0.639. The summed E-state index contributed by atoms with van der Waals surface area (Å²) in [5, 5.41) is 2.71. The first kappa shape index (κ1) is 13.3. The van der Waals surface area contributed by atoms with E-state index in [4.69, 9.17) is 5.73 Å². The van der Waals surface area contributed by atoms with Gasteiger partial charge in [0.1, 0.15) is 6.04 Å². The van der Waals surface area contributed by atoms with Gasteiger partial charge in [0.25, 0.3) is 5.91 Å². The molecule has 3 amide bonds. The van der Waals surface area contributed by atoms with Gasteiger partial charge in [-0.25, -0.2) is 9.69 Å². The number of benzene rings is 2. The van der Waals surface area contributed by atoms with Crippen molar-refractivity contribution in [3.8, 4) is 0 Å². The Kier molecular flexibility index (Phi) is 3.41. The van der Waals surface area contributed by atoms with Gasteiger partial charge in [-0.3, -0.25) is 4.79 Å². The number of hydrogen-bond donors (Lipinski definition) is 2. The molecule has 3 N–H and O–H groups in total. The number of carbonyl (C=O) groups excluding carboxylic acids is 2. The lowest BCUT2D eigenvalue weighted by Gasteiger charge is -2.14. The third-order valence-corrected chi connectivity index (χ3v) is 3.48. The van der Waals surface area contributed by atoms with Crippen LogP contribution in [0.4, 0.5) is 10.5 Å². The van der Waals surface area contributed by atoms with Gasteiger partial charge in [-0.2, -0.15) is 0 Å². The van der Waals surface area contributed by atoms with E-state index in [-0.39, 0.29) is 5.91 Å². The first-order valence-electron chi connectivity index (χ1n) is 6.69. The van der Waals surface area contributed by atoms with Gasteiger partial charge in [0.2, 0.25) is 0 Å². The Morgan fingerprint density at radius 2 is 1.81 bits per heavy atom. The van der Waals surface area contributed by atoms with Gasteiger partial charge in [0.15, 0.2) is 0 Å². The van der Waals surface area contributed by atoms with Crippen molar-refractivity contribution in [2.75, 3.05) is 4.90 Å². The van der Waals surface area contributed by atoms with E-state index in [2.05, 4.69) is 5.32 Å². The van der Waals surface area contributed by atoms with E-state index in [9.17, 15) is 9.59 Å². The first-order valence-corrected chi connectivity index (χ1v) is 6.69. The summed E-state index contributed by atoms with van der Waals surface area (Å²) in [6.45, 7) is 0.361. The summed E-state index contributed by atoms with van der Waals surface area (Å²) in [6.07, 6.45) is 0. The van der Waals surface area contributed by atoms with E-state index >= 15 is 0 Å². The molecule has 21 heavy (non-hydrogen) atoms. The van der Waals surface area contributed by atoms with E-state index < -0.39 is 12.1 Å². The Labute approximate surface area is 122 Å². The third kappa shape index (κ3) is 2.39. The Balaban J connectivity index is 1.94. The molecule has 5 heteroatoms. The highest BCUT2D eigenvalue weighted by atomic mass is 16.2. The fourth-order valence-corrected chi connectivity index (χ4v) is 2.42. The molecule has 2 aromatic rings. The van der Waals surface area contributed by atoms with E-state index in [1.165, 1.54) is 0 Å². The number of nitrogens with two attached hydrogens (primary N) is 1. The Morgan fingerprint density at radius 3 is 2.52 bits per heavy atom. The largest absolute Gasteiger partial charge is 0.329 e. The number of nitrogens with zero attached hydrogens (tertiary/aromatic N) is 1. The Bertz CT molecular complexity index is 685. The monoisotopic (exact) mass is 281 g/mol. The molecule has 1 aliphatic heterocycles. The van der Waals surface area contributed by atoms with Crippen LogP contribution in [0.1, 0.15) is 17.2 Å². The molecule has 0 spiro atoms. The molecule has 0 aromatic heterocycles. The van der Waals surface area contributed by atoms with Crippen LogP contribution in [0.25, 0.3) is 0 Å². The number of rotatable bonds is 3. The predicted molar refractivity (Wildman–Crippen MR) is 79.5 cm³/mol. The zero-order chi connectivity index (χ0) is 14.8. The first-order chi connectivity index (χ1) is 10.2. The zero-order valence-electron chi connectivity index (χ0n) is 11.3. The van der Waals surface area contributed by atoms with Gasteiger partial charge in [-0.05, 0) is 23.3 Å². The quantitative estimate of drug-likeness (QED) is 0.844. The van der Waals surface area contributed by atoms with E-state index in [0.29, 0.717) is 12.2 Å². The van der Waals surface area contributed by atoms with E-state index in [1.54, 1.807) is 18.2 Å². The van der Waals surface area contributed by atoms with Gasteiger partial charge < -0.3 is 11.1 Å². The second kappa shape index (κ2) is 5.38. The number of carbonyl (C=O) groups is 2. The molecule has 0 saturated carbocycles. The summed E-state index contributed by atoms with van der Waals surface area (Å²) >= 11 is 0. The predicted octanol–water partition coefficient (Wildman–Crippen LogP) is 1.94. The summed E-state index contributed by atoms with van der Waals surface area (Å²) in [7, 11) is 0. The van der Waals surface area contributed by atoms with Crippen LogP contribution >= 0.6 is 0 Å².